The van der Waals surface area contributed by atoms with Gasteiger partial charge in [0.05, 0.1) is 5.02 Å². The van der Waals surface area contributed by atoms with Crippen molar-refractivity contribution in [2.45, 2.75) is 23.2 Å². The van der Waals surface area contributed by atoms with Crippen molar-refractivity contribution in [1.82, 2.24) is 19.8 Å². The molecule has 1 saturated heterocycles. The average molecular weight is 414 g/mol. The number of hydrogen-bond donors (Lipinski definition) is 1. The molecule has 28 heavy (non-hydrogen) atoms. The van der Waals surface area contributed by atoms with Gasteiger partial charge in [0.1, 0.15) is 5.25 Å². The molecule has 0 bridgehead atoms. The molecule has 1 aliphatic heterocycles. The van der Waals surface area contributed by atoms with Gasteiger partial charge in [0, 0.05) is 18.7 Å². The standard InChI is InChI=1S/C20H20ClN5OS/c21-16-11-5-4-10-15(16)18-23-24-20(26(18)22)28-17(14-8-2-1-3-9-14)19(27)25-12-6-7-13-25/h1-5,8-11,17H,6-7,12-13,22H2. The molecule has 6 nitrogen and oxygen atoms in total. The first-order valence-electron chi connectivity index (χ1n) is 9.11. The second kappa shape index (κ2) is 8.24. The zero-order valence-corrected chi connectivity index (χ0v) is 16.7. The predicted octanol–water partition coefficient (Wildman–Crippen LogP) is 3.77. The van der Waals surface area contributed by atoms with Crippen LogP contribution in [-0.4, -0.2) is 38.8 Å². The van der Waals surface area contributed by atoms with E-state index in [1.54, 1.807) is 6.07 Å². The molecular formula is C20H20ClN5OS. The van der Waals surface area contributed by atoms with E-state index in [1.807, 2.05) is 53.4 Å². The zero-order valence-electron chi connectivity index (χ0n) is 15.2. The van der Waals surface area contributed by atoms with Crippen LogP contribution < -0.4 is 5.84 Å². The summed E-state index contributed by atoms with van der Waals surface area (Å²) in [5.41, 5.74) is 1.62. The molecule has 8 heteroatoms. The van der Waals surface area contributed by atoms with Crippen molar-refractivity contribution in [3.63, 3.8) is 0 Å². The number of nitrogen functional groups attached to an aromatic ring is 1. The second-order valence-electron chi connectivity index (χ2n) is 6.60. The third kappa shape index (κ3) is 3.72. The van der Waals surface area contributed by atoms with Crippen LogP contribution in [0.1, 0.15) is 23.7 Å². The summed E-state index contributed by atoms with van der Waals surface area (Å²) in [5, 5.41) is 9.03. The summed E-state index contributed by atoms with van der Waals surface area (Å²) < 4.78 is 1.40. The van der Waals surface area contributed by atoms with E-state index in [0.29, 0.717) is 21.6 Å². The van der Waals surface area contributed by atoms with Gasteiger partial charge in [-0.05, 0) is 30.5 Å². The van der Waals surface area contributed by atoms with Gasteiger partial charge in [-0.15, -0.1) is 10.2 Å². The molecule has 0 saturated carbocycles. The molecular weight excluding hydrogens is 394 g/mol. The lowest BCUT2D eigenvalue weighted by atomic mass is 10.1. The fourth-order valence-electron chi connectivity index (χ4n) is 3.28. The third-order valence-electron chi connectivity index (χ3n) is 4.75. The largest absolute Gasteiger partial charge is 0.341 e. The smallest absolute Gasteiger partial charge is 0.240 e. The Balaban J connectivity index is 1.66. The lowest BCUT2D eigenvalue weighted by Crippen LogP contribution is -2.31. The molecule has 0 aliphatic carbocycles. The van der Waals surface area contributed by atoms with E-state index in [-0.39, 0.29) is 5.91 Å². The first-order chi connectivity index (χ1) is 13.6. The van der Waals surface area contributed by atoms with Crippen LogP contribution in [0, 0.1) is 0 Å². The van der Waals surface area contributed by atoms with Gasteiger partial charge in [-0.3, -0.25) is 4.79 Å². The molecule has 2 N–H and O–H groups in total. The average Bonchev–Trinajstić information content (AvgIpc) is 3.37. The lowest BCUT2D eigenvalue weighted by Gasteiger charge is -2.22. The highest BCUT2D eigenvalue weighted by Crippen LogP contribution is 2.37. The SMILES string of the molecule is Nn1c(SC(C(=O)N2CCCC2)c2ccccc2)nnc1-c1ccccc1Cl. The van der Waals surface area contributed by atoms with Crippen LogP contribution in [0.2, 0.25) is 5.02 Å². The van der Waals surface area contributed by atoms with Crippen molar-refractivity contribution < 1.29 is 4.79 Å². The molecule has 1 atom stereocenters. The van der Waals surface area contributed by atoms with Crippen molar-refractivity contribution in [1.29, 1.82) is 0 Å². The Morgan fingerprint density at radius 3 is 2.43 bits per heavy atom. The highest BCUT2D eigenvalue weighted by Gasteiger charge is 2.30. The maximum Gasteiger partial charge on any atom is 0.240 e. The maximum atomic E-state index is 13.2. The molecule has 1 aromatic heterocycles. The lowest BCUT2D eigenvalue weighted by molar-refractivity contribution is -0.129. The summed E-state index contributed by atoms with van der Waals surface area (Å²) in [6, 6.07) is 17.1. The number of carbonyl (C=O) groups is 1. The van der Waals surface area contributed by atoms with E-state index in [4.69, 9.17) is 17.4 Å². The van der Waals surface area contributed by atoms with Gasteiger partial charge < -0.3 is 10.7 Å². The van der Waals surface area contributed by atoms with E-state index in [2.05, 4.69) is 10.2 Å². The number of rotatable bonds is 5. The van der Waals surface area contributed by atoms with Gasteiger partial charge in [0.25, 0.3) is 0 Å². The van der Waals surface area contributed by atoms with Crippen LogP contribution in [0.5, 0.6) is 0 Å². The molecule has 1 fully saturated rings. The highest BCUT2D eigenvalue weighted by molar-refractivity contribution is 8.00. The monoisotopic (exact) mass is 413 g/mol. The molecule has 0 spiro atoms. The van der Waals surface area contributed by atoms with Crippen molar-refractivity contribution in [3.05, 3.63) is 65.2 Å². The first kappa shape index (κ1) is 18.8. The molecule has 1 aliphatic rings. The van der Waals surface area contributed by atoms with E-state index >= 15 is 0 Å². The number of hydrogen-bond acceptors (Lipinski definition) is 5. The topological polar surface area (TPSA) is 77.0 Å². The van der Waals surface area contributed by atoms with Crippen molar-refractivity contribution in [2.24, 2.45) is 0 Å². The van der Waals surface area contributed by atoms with Crippen LogP contribution in [-0.2, 0) is 4.79 Å². The first-order valence-corrected chi connectivity index (χ1v) is 10.4. The van der Waals surface area contributed by atoms with Crippen molar-refractivity contribution in [2.75, 3.05) is 18.9 Å². The molecule has 1 unspecified atom stereocenters. The molecule has 2 heterocycles. The maximum absolute atomic E-state index is 13.2. The number of thioether (sulfide) groups is 1. The van der Waals surface area contributed by atoms with E-state index in [0.717, 1.165) is 31.5 Å². The highest BCUT2D eigenvalue weighted by atomic mass is 35.5. The number of benzene rings is 2. The van der Waals surface area contributed by atoms with E-state index in [9.17, 15) is 4.79 Å². The van der Waals surface area contributed by atoms with Crippen LogP contribution in [0.4, 0.5) is 0 Å². The minimum Gasteiger partial charge on any atom is -0.341 e. The van der Waals surface area contributed by atoms with Gasteiger partial charge in [0.2, 0.25) is 11.1 Å². The molecule has 1 amide bonds. The Hall–Kier alpha value is -2.51. The third-order valence-corrected chi connectivity index (χ3v) is 6.28. The van der Waals surface area contributed by atoms with Crippen LogP contribution >= 0.6 is 23.4 Å². The second-order valence-corrected chi connectivity index (χ2v) is 8.08. The Morgan fingerprint density at radius 1 is 1.04 bits per heavy atom. The van der Waals surface area contributed by atoms with Gasteiger partial charge >= 0.3 is 0 Å². The van der Waals surface area contributed by atoms with Crippen LogP contribution in [0.15, 0.2) is 59.8 Å². The molecule has 144 valence electrons. The van der Waals surface area contributed by atoms with Gasteiger partial charge in [0.15, 0.2) is 5.82 Å². The summed E-state index contributed by atoms with van der Waals surface area (Å²) in [4.78, 5) is 15.1. The molecule has 3 aromatic rings. The molecule has 0 radical (unpaired) electrons. The fourth-order valence-corrected chi connectivity index (χ4v) is 4.54. The number of amides is 1. The minimum atomic E-state index is -0.426. The Kier molecular flexibility index (Phi) is 5.54. The fraction of sp³-hybridized carbons (Fsp3) is 0.250. The van der Waals surface area contributed by atoms with Gasteiger partial charge in [-0.1, -0.05) is 65.8 Å². The number of aromatic nitrogens is 3. The van der Waals surface area contributed by atoms with Crippen LogP contribution in [0.3, 0.4) is 0 Å². The van der Waals surface area contributed by atoms with E-state index in [1.165, 1.54) is 16.4 Å². The number of halogens is 1. The summed E-state index contributed by atoms with van der Waals surface area (Å²) >= 11 is 7.59. The zero-order chi connectivity index (χ0) is 19.5. The van der Waals surface area contributed by atoms with Crippen molar-refractivity contribution in [3.8, 4) is 11.4 Å². The van der Waals surface area contributed by atoms with Crippen molar-refractivity contribution >= 4 is 29.3 Å². The minimum absolute atomic E-state index is 0.0796. The predicted molar refractivity (Wildman–Crippen MR) is 111 cm³/mol. The Labute approximate surface area is 172 Å². The normalized spacial score (nSPS) is 15.0. The summed E-state index contributed by atoms with van der Waals surface area (Å²) in [6.07, 6.45) is 2.09. The van der Waals surface area contributed by atoms with Crippen LogP contribution in [0.25, 0.3) is 11.4 Å². The number of nitrogens with two attached hydrogens (primary N) is 1. The van der Waals surface area contributed by atoms with E-state index < -0.39 is 5.25 Å². The number of carbonyl (C=O) groups excluding carboxylic acids is 1. The van der Waals surface area contributed by atoms with Gasteiger partial charge in [-0.25, -0.2) is 4.68 Å². The summed E-state index contributed by atoms with van der Waals surface area (Å²) in [5.74, 6) is 6.82. The molecule has 4 rings (SSSR count). The van der Waals surface area contributed by atoms with Gasteiger partial charge in [-0.2, -0.15) is 0 Å². The number of likely N-dealkylation sites (tertiary alicyclic amines) is 1. The summed E-state index contributed by atoms with van der Waals surface area (Å²) in [7, 11) is 0. The summed E-state index contributed by atoms with van der Waals surface area (Å²) in [6.45, 7) is 1.59. The quantitative estimate of drug-likeness (QED) is 0.509. The Bertz CT molecular complexity index is 972. The molecule has 2 aromatic carbocycles. The Morgan fingerprint density at radius 2 is 1.71 bits per heavy atom. The number of nitrogens with zero attached hydrogens (tertiary/aromatic N) is 4.